The largest absolute Gasteiger partial charge is 0.388 e. The summed E-state index contributed by atoms with van der Waals surface area (Å²) in [6.45, 7) is 1.87. The molecule has 1 aliphatic heterocycles. The van der Waals surface area contributed by atoms with Crippen molar-refractivity contribution in [1.82, 2.24) is 0 Å². The van der Waals surface area contributed by atoms with Crippen molar-refractivity contribution in [1.29, 1.82) is 0 Å². The van der Waals surface area contributed by atoms with Crippen molar-refractivity contribution in [2.24, 2.45) is 0 Å². The van der Waals surface area contributed by atoms with Crippen LogP contribution in [-0.4, -0.2) is 11.0 Å². The van der Waals surface area contributed by atoms with Crippen LogP contribution in [0.1, 0.15) is 28.4 Å². The van der Waals surface area contributed by atoms with E-state index in [-0.39, 0.29) is 5.91 Å². The molecule has 2 aromatic carbocycles. The molecule has 0 saturated carbocycles. The second-order valence-corrected chi connectivity index (χ2v) is 5.75. The maximum atomic E-state index is 11.5. The van der Waals surface area contributed by atoms with Crippen LogP contribution in [0.5, 0.6) is 0 Å². The van der Waals surface area contributed by atoms with Gasteiger partial charge in [0, 0.05) is 17.7 Å². The molecule has 1 heterocycles. The molecule has 0 radical (unpaired) electrons. The fourth-order valence-corrected chi connectivity index (χ4v) is 3.03. The molecule has 3 nitrogen and oxygen atoms in total. The average Bonchev–Trinajstić information content (AvgIpc) is 2.85. The number of hydrogen-bond donors (Lipinski definition) is 2. The van der Waals surface area contributed by atoms with Crippen LogP contribution in [0.3, 0.4) is 0 Å². The summed E-state index contributed by atoms with van der Waals surface area (Å²) in [5, 5.41) is 13.8. The molecule has 0 aromatic heterocycles. The number of carbonyl (C=O) groups excluding carboxylic acids is 1. The first kappa shape index (κ1) is 14.1. The summed E-state index contributed by atoms with van der Waals surface area (Å²) in [4.78, 5) is 11.5. The number of nitrogens with one attached hydrogen (secondary N) is 1. The predicted molar refractivity (Wildman–Crippen MR) is 83.6 cm³/mol. The summed E-state index contributed by atoms with van der Waals surface area (Å²) in [5.74, 6) is -0.0288. The normalized spacial score (nSPS) is 14.7. The van der Waals surface area contributed by atoms with Crippen molar-refractivity contribution in [2.45, 2.75) is 25.9 Å². The third-order valence-corrected chi connectivity index (χ3v) is 4.36. The maximum Gasteiger partial charge on any atom is 0.228 e. The first-order chi connectivity index (χ1) is 10.1. The summed E-state index contributed by atoms with van der Waals surface area (Å²) < 4.78 is 0. The molecule has 0 aliphatic carbocycles. The fraction of sp³-hybridized carbons (Fsp3) is 0.235. The molecular formula is C17H16ClNO2. The molecule has 2 aromatic rings. The van der Waals surface area contributed by atoms with Crippen LogP contribution in [0.25, 0.3) is 0 Å². The zero-order chi connectivity index (χ0) is 15.0. The Bertz CT molecular complexity index is 698. The number of halogens is 1. The highest BCUT2D eigenvalue weighted by Gasteiger charge is 2.25. The van der Waals surface area contributed by atoms with Gasteiger partial charge in [-0.1, -0.05) is 41.9 Å². The van der Waals surface area contributed by atoms with Gasteiger partial charge in [-0.15, -0.1) is 0 Å². The Morgan fingerprint density at radius 3 is 2.76 bits per heavy atom. The number of amides is 1. The zero-order valence-electron chi connectivity index (χ0n) is 11.7. The number of aliphatic hydroxyl groups excluding tert-OH is 1. The van der Waals surface area contributed by atoms with Gasteiger partial charge in [-0.05, 0) is 29.7 Å². The molecular weight excluding hydrogens is 286 g/mol. The van der Waals surface area contributed by atoms with E-state index in [0.717, 1.165) is 22.4 Å². The number of rotatable bonds is 3. The van der Waals surface area contributed by atoms with Gasteiger partial charge in [0.1, 0.15) is 0 Å². The highest BCUT2D eigenvalue weighted by Crippen LogP contribution is 2.38. The van der Waals surface area contributed by atoms with E-state index in [9.17, 15) is 9.90 Å². The summed E-state index contributed by atoms with van der Waals surface area (Å²) >= 11 is 6.37. The lowest BCUT2D eigenvalue weighted by Crippen LogP contribution is -2.05. The van der Waals surface area contributed by atoms with Crippen LogP contribution < -0.4 is 5.32 Å². The van der Waals surface area contributed by atoms with E-state index in [1.807, 2.05) is 43.3 Å². The third-order valence-electron chi connectivity index (χ3n) is 3.85. The Labute approximate surface area is 128 Å². The number of fused-ring (bicyclic) bond motifs is 1. The van der Waals surface area contributed by atoms with E-state index in [1.54, 1.807) is 0 Å². The molecule has 2 N–H and O–H groups in total. The molecule has 0 saturated heterocycles. The van der Waals surface area contributed by atoms with Crippen LogP contribution in [0.4, 0.5) is 5.69 Å². The van der Waals surface area contributed by atoms with E-state index in [2.05, 4.69) is 5.32 Å². The van der Waals surface area contributed by atoms with Gasteiger partial charge < -0.3 is 10.4 Å². The molecule has 0 spiro atoms. The van der Waals surface area contributed by atoms with Crippen LogP contribution in [0.15, 0.2) is 36.4 Å². The van der Waals surface area contributed by atoms with Crippen molar-refractivity contribution in [3.63, 3.8) is 0 Å². The van der Waals surface area contributed by atoms with E-state index in [0.29, 0.717) is 23.4 Å². The Kier molecular flexibility index (Phi) is 3.70. The zero-order valence-corrected chi connectivity index (χ0v) is 12.4. The van der Waals surface area contributed by atoms with Crippen LogP contribution in [0, 0.1) is 6.92 Å². The Balaban J connectivity index is 1.94. The first-order valence-corrected chi connectivity index (χ1v) is 7.27. The molecule has 21 heavy (non-hydrogen) atoms. The molecule has 1 aliphatic rings. The summed E-state index contributed by atoms with van der Waals surface area (Å²) in [5.41, 5.74) is 4.26. The van der Waals surface area contributed by atoms with Gasteiger partial charge in [-0.3, -0.25) is 4.79 Å². The van der Waals surface area contributed by atoms with Crippen molar-refractivity contribution < 1.29 is 9.90 Å². The van der Waals surface area contributed by atoms with Crippen LogP contribution >= 0.6 is 11.6 Å². The Morgan fingerprint density at radius 2 is 2.05 bits per heavy atom. The number of anilines is 1. The Morgan fingerprint density at radius 1 is 1.33 bits per heavy atom. The number of hydrogen-bond acceptors (Lipinski definition) is 2. The lowest BCUT2D eigenvalue weighted by Gasteiger charge is -2.17. The average molecular weight is 302 g/mol. The molecule has 108 valence electrons. The highest BCUT2D eigenvalue weighted by atomic mass is 35.5. The number of carbonyl (C=O) groups is 1. The minimum Gasteiger partial charge on any atom is -0.388 e. The number of aliphatic hydroxyl groups is 1. The van der Waals surface area contributed by atoms with Crippen LogP contribution in [-0.2, 0) is 17.6 Å². The molecule has 1 unspecified atom stereocenters. The predicted octanol–water partition coefficient (Wildman–Crippen LogP) is 3.42. The van der Waals surface area contributed by atoms with E-state index < -0.39 is 6.10 Å². The van der Waals surface area contributed by atoms with E-state index >= 15 is 0 Å². The van der Waals surface area contributed by atoms with Gasteiger partial charge in [0.25, 0.3) is 0 Å². The van der Waals surface area contributed by atoms with Gasteiger partial charge in [0.15, 0.2) is 0 Å². The standard InChI is InChI=1S/C17H16ClNO2/c1-10-16(18)13(8-12-9-15(21)19-17(10)12)14(20)7-11-5-3-2-4-6-11/h2-6,8,14,20H,7,9H2,1H3,(H,19,21). The minimum absolute atomic E-state index is 0.0288. The lowest BCUT2D eigenvalue weighted by molar-refractivity contribution is -0.115. The molecule has 0 fully saturated rings. The van der Waals surface area contributed by atoms with Crippen LogP contribution in [0.2, 0.25) is 5.02 Å². The van der Waals surface area contributed by atoms with Gasteiger partial charge in [0.2, 0.25) is 5.91 Å². The fourth-order valence-electron chi connectivity index (χ4n) is 2.75. The van der Waals surface area contributed by atoms with Gasteiger partial charge >= 0.3 is 0 Å². The number of benzene rings is 2. The monoisotopic (exact) mass is 301 g/mol. The molecule has 1 atom stereocenters. The molecule has 1 amide bonds. The topological polar surface area (TPSA) is 49.3 Å². The van der Waals surface area contributed by atoms with Gasteiger partial charge in [-0.25, -0.2) is 0 Å². The smallest absolute Gasteiger partial charge is 0.228 e. The van der Waals surface area contributed by atoms with E-state index in [4.69, 9.17) is 11.6 Å². The first-order valence-electron chi connectivity index (χ1n) is 6.90. The quantitative estimate of drug-likeness (QED) is 0.912. The molecule has 3 rings (SSSR count). The van der Waals surface area contributed by atoms with Crippen molar-refractivity contribution in [3.8, 4) is 0 Å². The summed E-state index contributed by atoms with van der Waals surface area (Å²) in [7, 11) is 0. The summed E-state index contributed by atoms with van der Waals surface area (Å²) in [6.07, 6.45) is 0.165. The third kappa shape index (κ3) is 2.67. The van der Waals surface area contributed by atoms with Crippen molar-refractivity contribution in [2.75, 3.05) is 5.32 Å². The van der Waals surface area contributed by atoms with Gasteiger partial charge in [-0.2, -0.15) is 0 Å². The van der Waals surface area contributed by atoms with Gasteiger partial charge in [0.05, 0.1) is 17.5 Å². The SMILES string of the molecule is Cc1c(Cl)c(C(O)Cc2ccccc2)cc2c1NC(=O)C2. The van der Waals surface area contributed by atoms with Crippen molar-refractivity contribution in [3.05, 3.63) is 63.7 Å². The Hall–Kier alpha value is -1.84. The van der Waals surface area contributed by atoms with E-state index in [1.165, 1.54) is 0 Å². The second kappa shape index (κ2) is 5.51. The van der Waals surface area contributed by atoms with Crippen molar-refractivity contribution >= 4 is 23.2 Å². The summed E-state index contributed by atoms with van der Waals surface area (Å²) in [6, 6.07) is 11.6. The maximum absolute atomic E-state index is 11.5. The minimum atomic E-state index is -0.681. The lowest BCUT2D eigenvalue weighted by atomic mass is 9.96. The molecule has 4 heteroatoms. The highest BCUT2D eigenvalue weighted by molar-refractivity contribution is 6.33. The molecule has 0 bridgehead atoms. The second-order valence-electron chi connectivity index (χ2n) is 5.37.